The second kappa shape index (κ2) is 12.5. The van der Waals surface area contributed by atoms with Gasteiger partial charge in [-0.25, -0.2) is 0 Å². The molecule has 0 spiro atoms. The van der Waals surface area contributed by atoms with Gasteiger partial charge in [0.15, 0.2) is 0 Å². The zero-order chi connectivity index (χ0) is 28.5. The van der Waals surface area contributed by atoms with Crippen LogP contribution < -0.4 is 5.73 Å². The highest BCUT2D eigenvalue weighted by molar-refractivity contribution is 7.98. The molecule has 0 aromatic heterocycles. The van der Waals surface area contributed by atoms with E-state index in [-0.39, 0.29) is 41.5 Å². The van der Waals surface area contributed by atoms with Crippen LogP contribution in [0.2, 0.25) is 0 Å². The number of ketones is 2. The first kappa shape index (κ1) is 31.1. The summed E-state index contributed by atoms with van der Waals surface area (Å²) in [6, 6.07) is -0.497. The third kappa shape index (κ3) is 6.32. The molecule has 0 saturated heterocycles. The van der Waals surface area contributed by atoms with E-state index in [9.17, 15) is 14.4 Å². The quantitative estimate of drug-likeness (QED) is 0.278. The van der Waals surface area contributed by atoms with Crippen LogP contribution in [0.25, 0.3) is 0 Å². The lowest BCUT2D eigenvalue weighted by Crippen LogP contribution is -2.54. The molecule has 0 radical (unpaired) electrons. The van der Waals surface area contributed by atoms with Gasteiger partial charge in [-0.3, -0.25) is 14.4 Å². The molecule has 39 heavy (non-hydrogen) atoms. The van der Waals surface area contributed by atoms with E-state index in [0.717, 1.165) is 43.3 Å². The molecule has 10 atom stereocenters. The van der Waals surface area contributed by atoms with E-state index in [4.69, 9.17) is 10.5 Å². The van der Waals surface area contributed by atoms with Crippen LogP contribution in [0.4, 0.5) is 0 Å². The Balaban J connectivity index is 1.38. The fourth-order valence-electron chi connectivity index (χ4n) is 9.85. The Morgan fingerprint density at radius 2 is 1.67 bits per heavy atom. The fraction of sp³-hybridized carbons (Fsp3) is 0.909. The molecule has 4 aliphatic rings. The Morgan fingerprint density at radius 3 is 2.33 bits per heavy atom. The topological polar surface area (TPSA) is 86.5 Å². The number of Topliss-reactive ketones (excluding diaryl/α,β-unsaturated/α-hetero) is 2. The average Bonchev–Trinajstić information content (AvgIpc) is 3.23. The van der Waals surface area contributed by atoms with Crippen LogP contribution >= 0.6 is 11.8 Å². The van der Waals surface area contributed by atoms with Crippen LogP contribution in [0.1, 0.15) is 112 Å². The summed E-state index contributed by atoms with van der Waals surface area (Å²) in [6.45, 7) is 10.9. The molecule has 4 aliphatic carbocycles. The highest BCUT2D eigenvalue weighted by atomic mass is 32.2. The third-order valence-corrected chi connectivity index (χ3v) is 12.6. The number of hydrogen-bond donors (Lipinski definition) is 1. The van der Waals surface area contributed by atoms with Gasteiger partial charge in [0, 0.05) is 12.3 Å². The Labute approximate surface area is 241 Å². The van der Waals surface area contributed by atoms with E-state index >= 15 is 0 Å². The molecule has 0 aromatic carbocycles. The zero-order valence-electron chi connectivity index (χ0n) is 25.5. The van der Waals surface area contributed by atoms with Crippen molar-refractivity contribution in [1.82, 2.24) is 0 Å². The Hall–Kier alpha value is -0.880. The number of thioether (sulfide) groups is 1. The van der Waals surface area contributed by atoms with Crippen molar-refractivity contribution in [3.63, 3.8) is 0 Å². The molecule has 0 amide bonds. The molecule has 0 aromatic rings. The molecule has 6 heteroatoms. The van der Waals surface area contributed by atoms with Crippen molar-refractivity contribution in [2.75, 3.05) is 12.0 Å². The van der Waals surface area contributed by atoms with Crippen molar-refractivity contribution in [3.8, 4) is 0 Å². The summed E-state index contributed by atoms with van der Waals surface area (Å²) in [4.78, 5) is 38.6. The van der Waals surface area contributed by atoms with E-state index in [1.54, 1.807) is 11.8 Å². The second-order valence-electron chi connectivity index (χ2n) is 14.7. The van der Waals surface area contributed by atoms with Gasteiger partial charge < -0.3 is 10.5 Å². The smallest absolute Gasteiger partial charge is 0.309 e. The monoisotopic (exact) mass is 561 g/mol. The van der Waals surface area contributed by atoms with Crippen molar-refractivity contribution < 1.29 is 19.1 Å². The Morgan fingerprint density at radius 1 is 0.974 bits per heavy atom. The number of rotatable bonds is 11. The molecular weight excluding hydrogens is 506 g/mol. The summed E-state index contributed by atoms with van der Waals surface area (Å²) in [6.07, 6.45) is 13.7. The van der Waals surface area contributed by atoms with Gasteiger partial charge in [0.05, 0.1) is 12.0 Å². The van der Waals surface area contributed by atoms with Crippen molar-refractivity contribution in [2.24, 2.45) is 58.0 Å². The highest BCUT2D eigenvalue weighted by Crippen LogP contribution is 2.67. The van der Waals surface area contributed by atoms with Crippen LogP contribution in [0.15, 0.2) is 0 Å². The van der Waals surface area contributed by atoms with Gasteiger partial charge in [0.2, 0.25) is 0 Å². The van der Waals surface area contributed by atoms with Crippen molar-refractivity contribution in [2.45, 2.75) is 124 Å². The highest BCUT2D eigenvalue weighted by Gasteiger charge is 2.61. The first-order valence-electron chi connectivity index (χ1n) is 15.9. The maximum absolute atomic E-state index is 13.4. The van der Waals surface area contributed by atoms with E-state index < -0.39 is 6.04 Å². The predicted molar refractivity (Wildman–Crippen MR) is 159 cm³/mol. The van der Waals surface area contributed by atoms with Gasteiger partial charge in [-0.15, -0.1) is 0 Å². The van der Waals surface area contributed by atoms with Gasteiger partial charge >= 0.3 is 5.97 Å². The first-order valence-corrected chi connectivity index (χ1v) is 17.3. The lowest BCUT2D eigenvalue weighted by Gasteiger charge is -2.61. The second-order valence-corrected chi connectivity index (χ2v) is 15.6. The lowest BCUT2D eigenvalue weighted by molar-refractivity contribution is -0.167. The number of hydrogen-bond acceptors (Lipinski definition) is 6. The first-order chi connectivity index (χ1) is 18.4. The summed E-state index contributed by atoms with van der Waals surface area (Å²) >= 11 is 1.70. The summed E-state index contributed by atoms with van der Waals surface area (Å²) in [5, 5.41) is 0. The number of carbonyl (C=O) groups is 3. The third-order valence-electron chi connectivity index (χ3n) is 12.0. The van der Waals surface area contributed by atoms with Crippen molar-refractivity contribution in [3.05, 3.63) is 0 Å². The Bertz CT molecular complexity index is 906. The minimum absolute atomic E-state index is 0.00971. The minimum Gasteiger partial charge on any atom is -0.462 e. The standard InChI is InChI=1S/C33H55NO4S/c1-20(2)17-29(34)30(36)18-22(13-16-39-6)31(37)38-24-11-14-32(4)23(19-24)7-8-25-27-10-9-26(21(3)35)33(27,5)15-12-28(25)32/h20,22-29H,7-19,34H2,1-6H3/t22-,23+,24-,25+,26-,27+,28+,29+,32+,33-/m1/s1. The van der Waals surface area contributed by atoms with Gasteiger partial charge in [-0.05, 0) is 130 Å². The molecule has 4 saturated carbocycles. The van der Waals surface area contributed by atoms with Crippen molar-refractivity contribution in [1.29, 1.82) is 0 Å². The maximum Gasteiger partial charge on any atom is 0.309 e. The van der Waals surface area contributed by atoms with Gasteiger partial charge in [0.25, 0.3) is 0 Å². The van der Waals surface area contributed by atoms with Crippen LogP contribution in [-0.4, -0.2) is 41.7 Å². The van der Waals surface area contributed by atoms with E-state index in [2.05, 4.69) is 27.7 Å². The Kier molecular flexibility index (Phi) is 10.00. The van der Waals surface area contributed by atoms with Gasteiger partial charge in [-0.1, -0.05) is 27.7 Å². The SMILES string of the molecule is CSCC[C@H](CC(=O)[C@@H](N)CC(C)C)C(=O)O[C@@H]1CC[C@@]2(C)[C@@H](CC[C@@H]3[C@@H]2CC[C@]2(C)[C@@H](C(C)=O)CC[C@@H]32)C1. The molecule has 0 unspecified atom stereocenters. The van der Waals surface area contributed by atoms with Gasteiger partial charge in [0.1, 0.15) is 17.7 Å². The number of carbonyl (C=O) groups excluding carboxylic acids is 3. The van der Waals surface area contributed by atoms with Crippen LogP contribution in [0.3, 0.4) is 0 Å². The van der Waals surface area contributed by atoms with Crippen molar-refractivity contribution >= 4 is 29.3 Å². The van der Waals surface area contributed by atoms with E-state index in [1.807, 2.05) is 13.2 Å². The minimum atomic E-state index is -0.497. The molecule has 0 heterocycles. The fourth-order valence-corrected chi connectivity index (χ4v) is 10.4. The molecule has 0 bridgehead atoms. The molecule has 4 fully saturated rings. The predicted octanol–water partition coefficient (Wildman–Crippen LogP) is 6.85. The van der Waals surface area contributed by atoms with Gasteiger partial charge in [-0.2, -0.15) is 11.8 Å². The summed E-state index contributed by atoms with van der Waals surface area (Å²) in [5.41, 5.74) is 6.66. The largest absolute Gasteiger partial charge is 0.462 e. The molecule has 5 nitrogen and oxygen atoms in total. The number of ether oxygens (including phenoxy) is 1. The normalized spacial score (nSPS) is 39.3. The molecule has 222 valence electrons. The number of fused-ring (bicyclic) bond motifs is 5. The number of nitrogens with two attached hydrogens (primary N) is 1. The zero-order valence-corrected chi connectivity index (χ0v) is 26.3. The maximum atomic E-state index is 13.4. The summed E-state index contributed by atoms with van der Waals surface area (Å²) < 4.78 is 6.19. The molecule has 2 N–H and O–H groups in total. The molecular formula is C33H55NO4S. The summed E-state index contributed by atoms with van der Waals surface area (Å²) in [5.74, 6) is 4.02. The van der Waals surface area contributed by atoms with Crippen LogP contribution in [0, 0.1) is 52.3 Å². The molecule has 4 rings (SSSR count). The van der Waals surface area contributed by atoms with E-state index in [1.165, 1.54) is 32.1 Å². The average molecular weight is 562 g/mol. The molecule has 0 aliphatic heterocycles. The lowest BCUT2D eigenvalue weighted by atomic mass is 9.44. The van der Waals surface area contributed by atoms with Crippen LogP contribution in [0.5, 0.6) is 0 Å². The summed E-state index contributed by atoms with van der Waals surface area (Å²) in [7, 11) is 0. The van der Waals surface area contributed by atoms with Crippen LogP contribution in [-0.2, 0) is 19.1 Å². The van der Waals surface area contributed by atoms with E-state index in [0.29, 0.717) is 41.8 Å². The number of esters is 1.